The summed E-state index contributed by atoms with van der Waals surface area (Å²) in [5.41, 5.74) is 5.11. The van der Waals surface area contributed by atoms with Gasteiger partial charge in [-0.15, -0.1) is 0 Å². The molecule has 18 nitrogen and oxygen atoms in total. The predicted octanol–water partition coefficient (Wildman–Crippen LogP) is 13.0. The minimum atomic E-state index is -1.32. The Bertz CT molecular complexity index is 3660. The smallest absolute Gasteiger partial charge is 0.419 e. The molecule has 0 saturated heterocycles. The first-order chi connectivity index (χ1) is 37.5. The van der Waals surface area contributed by atoms with E-state index in [4.69, 9.17) is 28.4 Å². The number of hydrogen-bond donors (Lipinski definition) is 0. The van der Waals surface area contributed by atoms with Crippen molar-refractivity contribution in [2.45, 2.75) is 131 Å². The van der Waals surface area contributed by atoms with Crippen molar-refractivity contribution in [1.29, 1.82) is 10.5 Å². The fourth-order valence-corrected chi connectivity index (χ4v) is 10.5. The number of nitriles is 2. The number of benzene rings is 4. The van der Waals surface area contributed by atoms with Gasteiger partial charge in [0.25, 0.3) is 0 Å². The number of methoxy groups -OCH3 is 2. The molecule has 20 heteroatoms. The molecule has 4 heterocycles. The van der Waals surface area contributed by atoms with Crippen molar-refractivity contribution in [3.63, 3.8) is 0 Å². The molecule has 0 aliphatic carbocycles. The summed E-state index contributed by atoms with van der Waals surface area (Å²) in [6.07, 6.45) is 2.12. The molecule has 0 spiro atoms. The minimum absolute atomic E-state index is 0.104. The van der Waals surface area contributed by atoms with E-state index in [2.05, 4.69) is 61.4 Å². The number of fused-ring (bicyclic) bond motifs is 4. The van der Waals surface area contributed by atoms with Crippen molar-refractivity contribution in [1.82, 2.24) is 28.2 Å². The molecule has 0 amide bonds. The van der Waals surface area contributed by atoms with Crippen molar-refractivity contribution in [3.8, 4) is 23.6 Å². The molecule has 4 aromatic carbocycles. The highest BCUT2D eigenvalue weighted by atomic mass is 28.3. The number of imidazole rings is 2. The molecule has 8 rings (SSSR count). The van der Waals surface area contributed by atoms with Gasteiger partial charge >= 0.3 is 12.2 Å². The number of carbonyl (C=O) groups is 4. The number of aryl methyl sites for hydroxylation is 2. The molecule has 8 aromatic rings. The monoisotopic (exact) mass is 1120 g/mol. The zero-order chi connectivity index (χ0) is 58.8. The van der Waals surface area contributed by atoms with Crippen molar-refractivity contribution in [2.24, 2.45) is 0 Å². The summed E-state index contributed by atoms with van der Waals surface area (Å²) in [5.74, 6) is 0.290. The van der Waals surface area contributed by atoms with E-state index in [1.165, 1.54) is 23.4 Å². The second-order valence-electron chi connectivity index (χ2n) is 24.1. The maximum atomic E-state index is 14.3. The molecule has 0 N–H and O–H groups in total. The fraction of sp³-hybridized carbons (Fsp3) is 0.400. The van der Waals surface area contributed by atoms with Crippen LogP contribution in [0.15, 0.2) is 73.1 Å². The highest BCUT2D eigenvalue weighted by Gasteiger charge is 2.31. The highest BCUT2D eigenvalue weighted by Crippen LogP contribution is 2.37. The van der Waals surface area contributed by atoms with Crippen molar-refractivity contribution < 1.29 is 47.6 Å². The van der Waals surface area contributed by atoms with E-state index >= 15 is 0 Å². The number of aromatic nitrogens is 6. The molecule has 0 bridgehead atoms. The third kappa shape index (κ3) is 13.4. The normalized spacial score (nSPS) is 12.1. The second-order valence-corrected chi connectivity index (χ2v) is 35.4. The van der Waals surface area contributed by atoms with Crippen LogP contribution in [0.1, 0.15) is 96.2 Å². The van der Waals surface area contributed by atoms with Crippen LogP contribution in [0.4, 0.5) is 9.59 Å². The Morgan fingerprint density at radius 3 is 1.39 bits per heavy atom. The summed E-state index contributed by atoms with van der Waals surface area (Å²) in [6, 6.07) is 23.4. The Morgan fingerprint density at radius 2 is 0.975 bits per heavy atom. The molecule has 0 aliphatic heterocycles. The van der Waals surface area contributed by atoms with Crippen molar-refractivity contribution >= 4 is 83.8 Å². The minimum Gasteiger partial charge on any atom is -0.496 e. The highest BCUT2D eigenvalue weighted by molar-refractivity contribution is 6.76. The largest absolute Gasteiger partial charge is 0.496 e. The molecule has 80 heavy (non-hydrogen) atoms. The van der Waals surface area contributed by atoms with Gasteiger partial charge in [-0.1, -0.05) is 39.3 Å². The Kier molecular flexibility index (Phi) is 17.5. The average Bonchev–Trinajstić information content (AvgIpc) is 4.39. The summed E-state index contributed by atoms with van der Waals surface area (Å²) >= 11 is 0. The third-order valence-corrected chi connectivity index (χ3v) is 16.3. The van der Waals surface area contributed by atoms with Crippen LogP contribution in [-0.2, 0) is 32.4 Å². The fourth-order valence-electron chi connectivity index (χ4n) is 9.02. The molecule has 4 aromatic heterocycles. The lowest BCUT2D eigenvalue weighted by Crippen LogP contribution is -2.27. The Balaban J connectivity index is 0.000000231. The van der Waals surface area contributed by atoms with Gasteiger partial charge in [-0.05, 0) is 139 Å². The average molecular weight is 1120 g/mol. The summed E-state index contributed by atoms with van der Waals surface area (Å²) < 4.78 is 40.8. The molecule has 0 fully saturated rings. The molecular weight excluding hydrogens is 1050 g/mol. The van der Waals surface area contributed by atoms with Gasteiger partial charge in [0.15, 0.2) is 11.6 Å². The number of rotatable bonds is 16. The van der Waals surface area contributed by atoms with Crippen LogP contribution in [0.25, 0.3) is 43.9 Å². The molecule has 0 radical (unpaired) electrons. The number of nitrogens with zero attached hydrogens (tertiary/aromatic N) is 8. The number of carbonyl (C=O) groups excluding carboxylic acids is 4. The first-order valence-corrected chi connectivity index (χ1v) is 33.8. The maximum absolute atomic E-state index is 14.3. The number of ketones is 2. The van der Waals surface area contributed by atoms with Gasteiger partial charge in [0.05, 0.1) is 81.7 Å². The van der Waals surface area contributed by atoms with Gasteiger partial charge in [-0.2, -0.15) is 10.5 Å². The first kappa shape index (κ1) is 59.8. The molecule has 0 unspecified atom stereocenters. The van der Waals surface area contributed by atoms with Crippen LogP contribution < -0.4 is 9.47 Å². The number of ether oxygens (including phenoxy) is 6. The zero-order valence-corrected chi connectivity index (χ0v) is 50.8. The van der Waals surface area contributed by atoms with E-state index in [0.717, 1.165) is 23.2 Å². The van der Waals surface area contributed by atoms with Gasteiger partial charge in [0.1, 0.15) is 36.2 Å². The van der Waals surface area contributed by atoms with Crippen LogP contribution >= 0.6 is 0 Å². The second kappa shape index (κ2) is 23.4. The van der Waals surface area contributed by atoms with E-state index in [1.807, 2.05) is 13.8 Å². The van der Waals surface area contributed by atoms with Crippen molar-refractivity contribution in [3.05, 3.63) is 118 Å². The SMILES string of the molecule is COc1cc(C)c2c(ccn2C(=O)OC(C)(C)C)c1C(=O)c1nc2cc(C#N)ccc2n1COCC[Si](C)(C)C.COc1cc(C)c2c(ccn2C(=O)OC(C)(C)C)c1C(=O)c1nc2ccc(C#N)cc2n1COCC[Si](C)(C)C. The topological polar surface area (TPSA) is 217 Å². The molecular formula is C60H72N8O10Si2. The third-order valence-electron chi connectivity index (χ3n) is 12.9. The lowest BCUT2D eigenvalue weighted by atomic mass is 10.0. The van der Waals surface area contributed by atoms with Crippen LogP contribution in [-0.4, -0.2) is 107 Å². The maximum Gasteiger partial charge on any atom is 0.419 e. The quantitative estimate of drug-likeness (QED) is 0.0500. The van der Waals surface area contributed by atoms with E-state index in [0.29, 0.717) is 79.7 Å². The van der Waals surface area contributed by atoms with Crippen LogP contribution in [0.3, 0.4) is 0 Å². The summed E-state index contributed by atoms with van der Waals surface area (Å²) in [6.45, 7) is 29.5. The van der Waals surface area contributed by atoms with E-state index in [1.54, 1.807) is 124 Å². The number of hydrogen-bond acceptors (Lipinski definition) is 14. The summed E-state index contributed by atoms with van der Waals surface area (Å²) in [4.78, 5) is 63.9. The van der Waals surface area contributed by atoms with Gasteiger partial charge in [0, 0.05) is 52.5 Å². The van der Waals surface area contributed by atoms with Crippen molar-refractivity contribution in [2.75, 3.05) is 27.4 Å². The van der Waals surface area contributed by atoms with Gasteiger partial charge in [0.2, 0.25) is 11.6 Å². The van der Waals surface area contributed by atoms with Gasteiger partial charge in [-0.25, -0.2) is 19.6 Å². The Hall–Kier alpha value is -7.89. The Labute approximate surface area is 468 Å². The molecule has 0 atom stereocenters. The van der Waals surface area contributed by atoms with Crippen LogP contribution in [0.5, 0.6) is 11.5 Å². The lowest BCUT2D eigenvalue weighted by molar-refractivity contribution is 0.0533. The van der Waals surface area contributed by atoms with Gasteiger partial charge in [-0.3, -0.25) is 27.9 Å². The molecule has 0 saturated carbocycles. The molecule has 0 aliphatic rings. The van der Waals surface area contributed by atoms with E-state index < -0.39 is 39.5 Å². The standard InChI is InChI=1S/2C30H36N4O5Si/c1-19-15-24(37-5)25(21-11-12-33(26(19)21)29(36)39-30(2,3)4)27(35)28-32-22-16-20(17-31)9-10-23(22)34(28)18-38-13-14-40(6,7)8;1-19-15-24(37-5)25(21-11-12-33(26(19)21)29(36)39-30(2,3)4)27(35)28-32-22-10-9-20(17-31)16-23(22)34(28)18-38-13-14-40(6,7)8/h2*9-12,15-16H,13-14,18H2,1-8H3. The van der Waals surface area contributed by atoms with Crippen LogP contribution in [0.2, 0.25) is 51.4 Å². The van der Waals surface area contributed by atoms with E-state index in [9.17, 15) is 29.7 Å². The summed E-state index contributed by atoms with van der Waals surface area (Å²) in [5, 5.41) is 20.0. The molecule has 420 valence electrons. The van der Waals surface area contributed by atoms with Gasteiger partial charge < -0.3 is 28.4 Å². The predicted molar refractivity (Wildman–Crippen MR) is 314 cm³/mol. The first-order valence-electron chi connectivity index (χ1n) is 26.4. The zero-order valence-electron chi connectivity index (χ0n) is 48.8. The lowest BCUT2D eigenvalue weighted by Gasteiger charge is -2.20. The summed E-state index contributed by atoms with van der Waals surface area (Å²) in [7, 11) is 0.372. The van der Waals surface area contributed by atoms with Crippen LogP contribution in [0, 0.1) is 36.5 Å². The Morgan fingerprint density at radius 1 is 0.562 bits per heavy atom. The van der Waals surface area contributed by atoms with E-state index in [-0.39, 0.29) is 47.8 Å².